The molecule has 1 aliphatic rings. The van der Waals surface area contributed by atoms with Gasteiger partial charge < -0.3 is 5.32 Å². The summed E-state index contributed by atoms with van der Waals surface area (Å²) in [5, 5.41) is 3.80. The zero-order chi connectivity index (χ0) is 13.7. The summed E-state index contributed by atoms with van der Waals surface area (Å²) in [6.45, 7) is 7.99. The van der Waals surface area contributed by atoms with Crippen molar-refractivity contribution >= 4 is 11.3 Å². The molecule has 0 bridgehead atoms. The molecule has 0 saturated heterocycles. The first-order valence-electron chi connectivity index (χ1n) is 8.05. The molecule has 0 amide bonds. The highest BCUT2D eigenvalue weighted by atomic mass is 32.1. The van der Waals surface area contributed by atoms with E-state index in [4.69, 9.17) is 0 Å². The van der Waals surface area contributed by atoms with Crippen LogP contribution in [0.4, 0.5) is 0 Å². The summed E-state index contributed by atoms with van der Waals surface area (Å²) < 4.78 is 0. The van der Waals surface area contributed by atoms with Gasteiger partial charge in [-0.05, 0) is 56.2 Å². The van der Waals surface area contributed by atoms with Crippen LogP contribution in [-0.4, -0.2) is 12.6 Å². The Balaban J connectivity index is 2.10. The molecule has 0 spiro atoms. The van der Waals surface area contributed by atoms with E-state index in [1.54, 1.807) is 4.88 Å². The highest BCUT2D eigenvalue weighted by molar-refractivity contribution is 7.11. The minimum Gasteiger partial charge on any atom is -0.313 e. The molecule has 0 aromatic carbocycles. The third kappa shape index (κ3) is 3.41. The van der Waals surface area contributed by atoms with Gasteiger partial charge in [0.25, 0.3) is 0 Å². The number of nitrogens with one attached hydrogen (secondary N) is 1. The largest absolute Gasteiger partial charge is 0.313 e. The summed E-state index contributed by atoms with van der Waals surface area (Å²) in [6, 6.07) is 5.34. The van der Waals surface area contributed by atoms with E-state index in [0.717, 1.165) is 6.54 Å². The summed E-state index contributed by atoms with van der Waals surface area (Å²) in [5.74, 6) is 0. The molecule has 1 nitrogen and oxygen atoms in total. The minimum absolute atomic E-state index is 0.562. The van der Waals surface area contributed by atoms with E-state index in [2.05, 4.69) is 38.2 Å². The van der Waals surface area contributed by atoms with Crippen LogP contribution in [0.25, 0.3) is 0 Å². The van der Waals surface area contributed by atoms with Crippen LogP contribution in [0.1, 0.15) is 62.6 Å². The molecule has 2 rings (SSSR count). The molecule has 1 N–H and O–H groups in total. The summed E-state index contributed by atoms with van der Waals surface area (Å²) in [4.78, 5) is 3.10. The van der Waals surface area contributed by atoms with Gasteiger partial charge in [-0.25, -0.2) is 0 Å². The lowest BCUT2D eigenvalue weighted by Crippen LogP contribution is -2.45. The maximum atomic E-state index is 3.80. The molecule has 0 radical (unpaired) electrons. The Labute approximate surface area is 122 Å². The Morgan fingerprint density at radius 3 is 2.37 bits per heavy atom. The van der Waals surface area contributed by atoms with E-state index in [1.165, 1.54) is 49.8 Å². The van der Waals surface area contributed by atoms with Gasteiger partial charge in [0.15, 0.2) is 0 Å². The normalized spacial score (nSPS) is 19.7. The van der Waals surface area contributed by atoms with Crippen molar-refractivity contribution in [1.29, 1.82) is 0 Å². The highest BCUT2D eigenvalue weighted by Crippen LogP contribution is 2.45. The molecule has 108 valence electrons. The van der Waals surface area contributed by atoms with E-state index < -0.39 is 0 Å². The van der Waals surface area contributed by atoms with Gasteiger partial charge in [-0.15, -0.1) is 11.3 Å². The van der Waals surface area contributed by atoms with Crippen molar-refractivity contribution in [2.24, 2.45) is 5.41 Å². The lowest BCUT2D eigenvalue weighted by atomic mass is 9.74. The standard InChI is InChI=1S/C17H29NS/c1-4-14-9-10-15(19-14)13-16(18-6-3)17(5-2)11-7-8-12-17/h9-10,16,18H,4-8,11-13H2,1-3H3. The monoisotopic (exact) mass is 279 g/mol. The second-order valence-corrected chi connectivity index (χ2v) is 7.21. The van der Waals surface area contributed by atoms with Crippen molar-refractivity contribution in [3.8, 4) is 0 Å². The molecule has 2 heteroatoms. The Kier molecular flexibility index (Phi) is 5.47. The highest BCUT2D eigenvalue weighted by Gasteiger charge is 2.39. The fraction of sp³-hybridized carbons (Fsp3) is 0.765. The van der Waals surface area contributed by atoms with Crippen molar-refractivity contribution in [2.45, 2.75) is 71.8 Å². The molecule has 0 aliphatic heterocycles. The first-order valence-corrected chi connectivity index (χ1v) is 8.86. The summed E-state index contributed by atoms with van der Waals surface area (Å²) in [5.41, 5.74) is 0.562. The summed E-state index contributed by atoms with van der Waals surface area (Å²) in [6.07, 6.45) is 9.44. The Hall–Kier alpha value is -0.340. The summed E-state index contributed by atoms with van der Waals surface area (Å²) >= 11 is 2.02. The molecule has 1 aromatic heterocycles. The zero-order valence-corrected chi connectivity index (χ0v) is 13.6. The van der Waals surface area contributed by atoms with Crippen LogP contribution in [0.2, 0.25) is 0 Å². The molecule has 1 aliphatic carbocycles. The van der Waals surface area contributed by atoms with Crippen molar-refractivity contribution in [2.75, 3.05) is 6.54 Å². The fourth-order valence-electron chi connectivity index (χ4n) is 3.70. The van der Waals surface area contributed by atoms with Crippen molar-refractivity contribution in [1.82, 2.24) is 5.32 Å². The van der Waals surface area contributed by atoms with Gasteiger partial charge in [-0.1, -0.05) is 33.6 Å². The SMILES string of the molecule is CCNC(Cc1ccc(CC)s1)C1(CC)CCCC1. The lowest BCUT2D eigenvalue weighted by molar-refractivity contribution is 0.187. The van der Waals surface area contributed by atoms with Gasteiger partial charge in [0.2, 0.25) is 0 Å². The molecule has 1 unspecified atom stereocenters. The van der Waals surface area contributed by atoms with E-state index in [9.17, 15) is 0 Å². The number of rotatable bonds is 7. The van der Waals surface area contributed by atoms with Crippen molar-refractivity contribution in [3.63, 3.8) is 0 Å². The number of aryl methyl sites for hydroxylation is 1. The summed E-state index contributed by atoms with van der Waals surface area (Å²) in [7, 11) is 0. The molecule has 1 saturated carbocycles. The van der Waals surface area contributed by atoms with Gasteiger partial charge in [0, 0.05) is 15.8 Å². The van der Waals surface area contributed by atoms with E-state index in [-0.39, 0.29) is 0 Å². The molecular formula is C17H29NS. The molecule has 1 aromatic rings. The van der Waals surface area contributed by atoms with Gasteiger partial charge >= 0.3 is 0 Å². The second-order valence-electron chi connectivity index (χ2n) is 5.96. The average Bonchev–Trinajstić information content (AvgIpc) is 3.07. The topological polar surface area (TPSA) is 12.0 Å². The Morgan fingerprint density at radius 2 is 1.84 bits per heavy atom. The smallest absolute Gasteiger partial charge is 0.0171 e. The molecular weight excluding hydrogens is 250 g/mol. The van der Waals surface area contributed by atoms with Gasteiger partial charge in [0.05, 0.1) is 0 Å². The van der Waals surface area contributed by atoms with Crippen LogP contribution in [0, 0.1) is 5.41 Å². The van der Waals surface area contributed by atoms with E-state index in [1.807, 2.05) is 11.3 Å². The maximum absolute atomic E-state index is 3.80. The van der Waals surface area contributed by atoms with E-state index >= 15 is 0 Å². The van der Waals surface area contributed by atoms with E-state index in [0.29, 0.717) is 11.5 Å². The van der Waals surface area contributed by atoms with Crippen LogP contribution >= 0.6 is 11.3 Å². The predicted molar refractivity (Wildman–Crippen MR) is 86.1 cm³/mol. The molecule has 19 heavy (non-hydrogen) atoms. The number of hydrogen-bond acceptors (Lipinski definition) is 2. The third-order valence-corrected chi connectivity index (χ3v) is 6.22. The zero-order valence-electron chi connectivity index (χ0n) is 12.8. The van der Waals surface area contributed by atoms with Crippen LogP contribution in [0.3, 0.4) is 0 Å². The Bertz CT molecular complexity index is 376. The minimum atomic E-state index is 0.562. The fourth-order valence-corrected chi connectivity index (χ4v) is 4.71. The van der Waals surface area contributed by atoms with Gasteiger partial charge in [-0.2, -0.15) is 0 Å². The quantitative estimate of drug-likeness (QED) is 0.756. The lowest BCUT2D eigenvalue weighted by Gasteiger charge is -2.37. The maximum Gasteiger partial charge on any atom is 0.0171 e. The van der Waals surface area contributed by atoms with Crippen LogP contribution in [0.15, 0.2) is 12.1 Å². The van der Waals surface area contributed by atoms with Gasteiger partial charge in [-0.3, -0.25) is 0 Å². The predicted octanol–water partition coefficient (Wildman–Crippen LogP) is 4.80. The first kappa shape index (κ1) is 15.1. The van der Waals surface area contributed by atoms with Crippen LogP contribution in [0.5, 0.6) is 0 Å². The average molecular weight is 279 g/mol. The van der Waals surface area contributed by atoms with Gasteiger partial charge in [0.1, 0.15) is 0 Å². The third-order valence-electron chi connectivity index (χ3n) is 4.96. The van der Waals surface area contributed by atoms with Crippen LogP contribution in [-0.2, 0) is 12.8 Å². The number of thiophene rings is 1. The number of hydrogen-bond donors (Lipinski definition) is 1. The first-order chi connectivity index (χ1) is 9.24. The van der Waals surface area contributed by atoms with Crippen molar-refractivity contribution in [3.05, 3.63) is 21.9 Å². The molecule has 1 atom stereocenters. The second kappa shape index (κ2) is 6.90. The molecule has 1 fully saturated rings. The van der Waals surface area contributed by atoms with Crippen LogP contribution < -0.4 is 5.32 Å². The Morgan fingerprint density at radius 1 is 1.16 bits per heavy atom. The van der Waals surface area contributed by atoms with Crippen molar-refractivity contribution < 1.29 is 0 Å². The number of likely N-dealkylation sites (N-methyl/N-ethyl adjacent to an activating group) is 1. The molecule has 1 heterocycles.